The first kappa shape index (κ1) is 52.3. The number of likely N-dealkylation sites (N-methyl/N-ethyl adjacent to an activating group) is 1. The molecule has 15 heteroatoms. The fourth-order valence-corrected chi connectivity index (χ4v) is 8.39. The summed E-state index contributed by atoms with van der Waals surface area (Å²) < 4.78 is 6.39. The number of nitrogens with one attached hydrogen (secondary N) is 4. The van der Waals surface area contributed by atoms with Crippen LogP contribution in [0.25, 0.3) is 31.6 Å². The van der Waals surface area contributed by atoms with Gasteiger partial charge in [0, 0.05) is 42.5 Å². The molecule has 2 aliphatic rings. The van der Waals surface area contributed by atoms with Crippen LogP contribution >= 0.6 is 22.7 Å². The Hall–Kier alpha value is -5.82. The number of rotatable bonds is 8. The molecule has 334 valence electrons. The number of carbonyl (C=O) groups excluding carboxylic acids is 4. The fourth-order valence-electron chi connectivity index (χ4n) is 6.07. The third kappa shape index (κ3) is 16.6. The SMILES string of the molecule is C(#Cc1csc2c(-c3ccc4nc[nH]c4c3)csc12)c1cnc[nH]1.CC.CC.CCC.CNC(C(=O)N1CCCC1)c1ccccc1.COC=O.O=CNCC(=O)N1CCCC1. The number of aromatic amines is 2. The first-order chi connectivity index (χ1) is 30.4. The van der Waals surface area contributed by atoms with E-state index in [0.29, 0.717) is 12.9 Å². The van der Waals surface area contributed by atoms with Crippen LogP contribution in [0.4, 0.5) is 0 Å². The summed E-state index contributed by atoms with van der Waals surface area (Å²) in [7, 11) is 3.15. The molecule has 8 rings (SSSR count). The van der Waals surface area contributed by atoms with Crippen LogP contribution in [0.3, 0.4) is 0 Å². The smallest absolute Gasteiger partial charge is 0.292 e. The lowest BCUT2D eigenvalue weighted by molar-refractivity contribution is -0.132. The highest BCUT2D eigenvalue weighted by molar-refractivity contribution is 7.27. The van der Waals surface area contributed by atoms with Gasteiger partial charge in [0.2, 0.25) is 18.2 Å². The Kier molecular flexibility index (Phi) is 26.2. The number of fused-ring (bicyclic) bond motifs is 2. The Labute approximate surface area is 375 Å². The molecule has 2 aliphatic heterocycles. The zero-order valence-corrected chi connectivity index (χ0v) is 39.1. The normalized spacial score (nSPS) is 12.5. The lowest BCUT2D eigenvalue weighted by Gasteiger charge is -2.23. The molecule has 6 heterocycles. The Morgan fingerprint density at radius 2 is 1.50 bits per heavy atom. The zero-order valence-electron chi connectivity index (χ0n) is 37.5. The van der Waals surface area contributed by atoms with Crippen LogP contribution in [0, 0.1) is 11.8 Å². The number of imidazole rings is 2. The van der Waals surface area contributed by atoms with Gasteiger partial charge in [0.05, 0.1) is 58.5 Å². The Balaban J connectivity index is 0.000000303. The van der Waals surface area contributed by atoms with Crippen molar-refractivity contribution < 1.29 is 23.9 Å². The molecule has 0 aliphatic carbocycles. The Bertz CT molecular complexity index is 2190. The quantitative estimate of drug-likeness (QED) is 0.0870. The van der Waals surface area contributed by atoms with Gasteiger partial charge in [-0.3, -0.25) is 19.2 Å². The topological polar surface area (TPSA) is 165 Å². The van der Waals surface area contributed by atoms with Crippen LogP contribution < -0.4 is 10.6 Å². The maximum Gasteiger partial charge on any atom is 0.292 e. The number of H-pyrrole nitrogens is 2. The largest absolute Gasteiger partial charge is 0.471 e. The lowest BCUT2D eigenvalue weighted by atomic mass is 10.1. The number of amides is 3. The van der Waals surface area contributed by atoms with Gasteiger partial charge in [0.1, 0.15) is 11.7 Å². The highest BCUT2D eigenvalue weighted by Crippen LogP contribution is 2.40. The molecule has 0 radical (unpaired) electrons. The van der Waals surface area contributed by atoms with E-state index in [1.54, 1.807) is 46.4 Å². The van der Waals surface area contributed by atoms with Gasteiger partial charge in [-0.2, -0.15) is 0 Å². The number of benzene rings is 2. The van der Waals surface area contributed by atoms with Crippen LogP contribution in [-0.2, 0) is 23.9 Å². The lowest BCUT2D eigenvalue weighted by Crippen LogP contribution is -2.38. The van der Waals surface area contributed by atoms with E-state index in [0.717, 1.165) is 79.7 Å². The number of likely N-dealkylation sites (tertiary alicyclic amines) is 2. The predicted molar refractivity (Wildman–Crippen MR) is 255 cm³/mol. The number of hydrogen-bond acceptors (Lipinski definition) is 10. The van der Waals surface area contributed by atoms with Crippen LogP contribution in [-0.4, -0.2) is 101 Å². The third-order valence-corrected chi connectivity index (χ3v) is 11.0. The van der Waals surface area contributed by atoms with Crippen molar-refractivity contribution in [3.63, 3.8) is 0 Å². The van der Waals surface area contributed by atoms with Gasteiger partial charge in [-0.1, -0.05) is 90.3 Å². The molecule has 0 spiro atoms. The van der Waals surface area contributed by atoms with Gasteiger partial charge < -0.3 is 35.1 Å². The van der Waals surface area contributed by atoms with Gasteiger partial charge in [0.25, 0.3) is 6.47 Å². The summed E-state index contributed by atoms with van der Waals surface area (Å²) in [6.07, 6.45) is 11.4. The van der Waals surface area contributed by atoms with Crippen LogP contribution in [0.2, 0.25) is 0 Å². The van der Waals surface area contributed by atoms with Gasteiger partial charge in [0.15, 0.2) is 0 Å². The second-order valence-corrected chi connectivity index (χ2v) is 14.9. The van der Waals surface area contributed by atoms with Crippen molar-refractivity contribution in [2.24, 2.45) is 0 Å². The van der Waals surface area contributed by atoms with E-state index in [4.69, 9.17) is 4.79 Å². The van der Waals surface area contributed by atoms with Crippen molar-refractivity contribution in [3.8, 4) is 23.0 Å². The number of ether oxygens (including phenoxy) is 1. The molecule has 1 unspecified atom stereocenters. The molecule has 0 saturated carbocycles. The summed E-state index contributed by atoms with van der Waals surface area (Å²) in [5.41, 5.74) is 7.45. The number of hydrogen-bond donors (Lipinski definition) is 4. The van der Waals surface area contributed by atoms with Crippen molar-refractivity contribution in [2.75, 3.05) is 46.9 Å². The van der Waals surface area contributed by atoms with Gasteiger partial charge in [-0.05, 0) is 61.9 Å². The van der Waals surface area contributed by atoms with Crippen molar-refractivity contribution in [1.82, 2.24) is 40.4 Å². The van der Waals surface area contributed by atoms with Crippen molar-refractivity contribution in [3.05, 3.63) is 95.0 Å². The molecule has 2 saturated heterocycles. The summed E-state index contributed by atoms with van der Waals surface area (Å²) in [5.74, 6) is 6.59. The summed E-state index contributed by atoms with van der Waals surface area (Å²) in [4.78, 5) is 60.3. The molecule has 4 N–H and O–H groups in total. The molecular weight excluding hydrogens is 821 g/mol. The molecule has 62 heavy (non-hydrogen) atoms. The Morgan fingerprint density at radius 3 is 2.08 bits per heavy atom. The van der Waals surface area contributed by atoms with E-state index in [1.807, 2.05) is 70.0 Å². The summed E-state index contributed by atoms with van der Waals surface area (Å²) in [6.45, 7) is 16.3. The molecule has 1 atom stereocenters. The van der Waals surface area contributed by atoms with Crippen molar-refractivity contribution in [1.29, 1.82) is 0 Å². The highest BCUT2D eigenvalue weighted by atomic mass is 32.1. The van der Waals surface area contributed by atoms with E-state index >= 15 is 0 Å². The Morgan fingerprint density at radius 1 is 0.871 bits per heavy atom. The molecule has 4 aromatic heterocycles. The number of aromatic nitrogens is 4. The highest BCUT2D eigenvalue weighted by Gasteiger charge is 2.26. The molecule has 3 amide bonds. The van der Waals surface area contributed by atoms with E-state index in [9.17, 15) is 14.4 Å². The monoisotopic (exact) mass is 884 g/mol. The number of nitrogens with zero attached hydrogens (tertiary/aromatic N) is 4. The molecule has 0 bridgehead atoms. The molecule has 2 aromatic carbocycles. The van der Waals surface area contributed by atoms with E-state index in [-0.39, 0.29) is 24.4 Å². The number of carbonyl (C=O) groups is 4. The first-order valence-corrected chi connectivity index (χ1v) is 23.0. The minimum atomic E-state index is -0.195. The van der Waals surface area contributed by atoms with Gasteiger partial charge >= 0.3 is 0 Å². The summed E-state index contributed by atoms with van der Waals surface area (Å²) in [5, 5.41) is 9.79. The fraction of sp³-hybridized carbons (Fsp3) is 0.404. The predicted octanol–water partition coefficient (Wildman–Crippen LogP) is 8.81. The molecule has 6 aromatic rings. The van der Waals surface area contributed by atoms with Crippen molar-refractivity contribution >= 4 is 67.8 Å². The van der Waals surface area contributed by atoms with Crippen molar-refractivity contribution in [2.45, 2.75) is 79.7 Å². The van der Waals surface area contributed by atoms with Gasteiger partial charge in [-0.15, -0.1) is 22.7 Å². The summed E-state index contributed by atoms with van der Waals surface area (Å²) in [6, 6.07) is 16.0. The maximum absolute atomic E-state index is 12.2. The van der Waals surface area contributed by atoms with Gasteiger partial charge in [-0.25, -0.2) is 9.97 Å². The average Bonchev–Trinajstić information content (AvgIpc) is 4.18. The minimum Gasteiger partial charge on any atom is -0.471 e. The molecule has 13 nitrogen and oxygen atoms in total. The average molecular weight is 885 g/mol. The van der Waals surface area contributed by atoms with Crippen LogP contribution in [0.15, 0.2) is 78.1 Å². The standard InChI is InChI=1S/C18H10N4S2.C13H18N2O.C7H12N2O2.C3H8.C2H4O2.2C2H6/c1(3-13-6-19-9-20-13)12-7-23-18-14(8-24-17(12)18)11-2-4-15-16(5-11)22-10-21-15;1-14-12(11-7-3-2-4-8-11)13(16)15-9-5-6-10-15;10-6-8-5-7(11)9-3-1-2-4-9;1-3-2;1-4-2-3;2*1-2/h2,4-10H,(H,19,20)(H,21,22);2-4,7-8,12,14H,5-6,9-10H2,1H3;6H,1-5H2,(H,8,10);3H2,1-2H3;2H,1H3;2*1-2H3. The summed E-state index contributed by atoms with van der Waals surface area (Å²) >= 11 is 3.49. The van der Waals surface area contributed by atoms with Crippen LogP contribution in [0.5, 0.6) is 0 Å². The van der Waals surface area contributed by atoms with Crippen LogP contribution in [0.1, 0.15) is 96.5 Å². The van der Waals surface area contributed by atoms with E-state index in [1.165, 1.54) is 34.1 Å². The molecular formula is C47H64N8O5S2. The number of methoxy groups -OCH3 is 1. The second kappa shape index (κ2) is 31.1. The maximum atomic E-state index is 12.2. The second-order valence-electron chi connectivity index (χ2n) is 13.1. The van der Waals surface area contributed by atoms with E-state index < -0.39 is 0 Å². The van der Waals surface area contributed by atoms with E-state index in [2.05, 4.69) is 90.0 Å². The minimum absolute atomic E-state index is 0.0228. The zero-order chi connectivity index (χ0) is 45.5. The first-order valence-electron chi connectivity index (χ1n) is 21.2. The third-order valence-electron chi connectivity index (χ3n) is 8.82. The number of thiophene rings is 2. The molecule has 2 fully saturated rings.